The highest BCUT2D eigenvalue weighted by Gasteiger charge is 2.36. The predicted molar refractivity (Wildman–Crippen MR) is 83.8 cm³/mol. The van der Waals surface area contributed by atoms with E-state index in [1.807, 2.05) is 6.92 Å². The minimum absolute atomic E-state index is 0.0186. The van der Waals surface area contributed by atoms with Crippen molar-refractivity contribution in [3.05, 3.63) is 0 Å². The number of carboxylic acid groups (broad SMARTS) is 3. The van der Waals surface area contributed by atoms with Crippen molar-refractivity contribution >= 4 is 35.5 Å². The second kappa shape index (κ2) is 11.8. The minimum Gasteiger partial charge on any atom is -0.481 e. The van der Waals surface area contributed by atoms with Gasteiger partial charge in [-0.3, -0.25) is 14.4 Å². The number of carboxylic acids is 3. The molecule has 0 fully saturated rings. The normalized spacial score (nSPS) is 14.6. The van der Waals surface area contributed by atoms with Gasteiger partial charge in [0.05, 0.1) is 6.42 Å². The van der Waals surface area contributed by atoms with E-state index in [0.717, 1.165) is 18.6 Å². The molecule has 0 aliphatic carbocycles. The summed E-state index contributed by atoms with van der Waals surface area (Å²) in [7, 11) is 0. The van der Waals surface area contributed by atoms with Crippen LogP contribution in [0.25, 0.3) is 0 Å². The number of aliphatic carboxylic acids is 3. The van der Waals surface area contributed by atoms with E-state index < -0.39 is 48.4 Å². The minimum atomic E-state index is -2.31. The maximum atomic E-state index is 11.8. The molecule has 3 atom stereocenters. The van der Waals surface area contributed by atoms with Gasteiger partial charge in [0.2, 0.25) is 12.1 Å². The average molecular weight is 366 g/mol. The fraction of sp³-hybridized carbons (Fsp3) is 0.714. The summed E-state index contributed by atoms with van der Waals surface area (Å²) in [6.45, 7) is 2.02. The molecule has 24 heavy (non-hydrogen) atoms. The summed E-state index contributed by atoms with van der Waals surface area (Å²) < 4.78 is 4.73. The lowest BCUT2D eigenvalue weighted by Crippen LogP contribution is -2.40. The molecular formula is C14H22O9S. The third kappa shape index (κ3) is 8.85. The van der Waals surface area contributed by atoms with Gasteiger partial charge in [0.1, 0.15) is 5.92 Å². The second-order valence-corrected chi connectivity index (χ2v) is 6.19. The van der Waals surface area contributed by atoms with E-state index >= 15 is 0 Å². The van der Waals surface area contributed by atoms with Crippen LogP contribution in [0.4, 0.5) is 0 Å². The van der Waals surface area contributed by atoms with Gasteiger partial charge in [-0.1, -0.05) is 13.3 Å². The molecule has 138 valence electrons. The summed E-state index contributed by atoms with van der Waals surface area (Å²) in [5.74, 6) is -6.81. The number of carbonyl (C=O) groups excluding carboxylic acids is 1. The number of rotatable bonds is 14. The van der Waals surface area contributed by atoms with E-state index in [2.05, 4.69) is 0 Å². The highest BCUT2D eigenvalue weighted by Crippen LogP contribution is 2.14. The Hall–Kier alpha value is -1.65. The first kappa shape index (κ1) is 22.4. The van der Waals surface area contributed by atoms with Crippen molar-refractivity contribution in [1.82, 2.24) is 0 Å². The number of ketones is 1. The second-order valence-electron chi connectivity index (χ2n) is 4.96. The lowest BCUT2D eigenvalue weighted by molar-refractivity contribution is -0.185. The predicted octanol–water partition coefficient (Wildman–Crippen LogP) is 0.443. The van der Waals surface area contributed by atoms with Crippen molar-refractivity contribution in [2.75, 3.05) is 11.5 Å². The molecule has 0 amide bonds. The molecule has 9 nitrogen and oxygen atoms in total. The van der Waals surface area contributed by atoms with Gasteiger partial charge < -0.3 is 25.2 Å². The Labute approximate surface area is 143 Å². The summed E-state index contributed by atoms with van der Waals surface area (Å²) >= 11 is 1.50. The van der Waals surface area contributed by atoms with Gasteiger partial charge in [-0.05, 0) is 24.3 Å². The zero-order valence-electron chi connectivity index (χ0n) is 13.2. The third-order valence-corrected chi connectivity index (χ3v) is 4.10. The maximum Gasteiger partial charge on any atom is 0.332 e. The summed E-state index contributed by atoms with van der Waals surface area (Å²) in [6, 6.07) is 0. The Morgan fingerprint density at radius 2 is 1.67 bits per heavy atom. The molecule has 0 aliphatic rings. The van der Waals surface area contributed by atoms with Gasteiger partial charge in [0.15, 0.2) is 6.10 Å². The Bertz CT molecular complexity index is 452. The van der Waals surface area contributed by atoms with Crippen LogP contribution < -0.4 is 0 Å². The fourth-order valence-corrected chi connectivity index (χ4v) is 2.75. The Morgan fingerprint density at radius 3 is 2.12 bits per heavy atom. The summed E-state index contributed by atoms with van der Waals surface area (Å²) in [5, 5.41) is 36.1. The van der Waals surface area contributed by atoms with Crippen molar-refractivity contribution < 1.29 is 44.3 Å². The fourth-order valence-electron chi connectivity index (χ4n) is 1.67. The molecular weight excluding hydrogens is 344 g/mol. The Kier molecular flexibility index (Phi) is 11.0. The SMILES string of the molecule is CCCCSCCC(OC(O)C(=O)C(CC(=O)O)C(=O)O)C(=O)O. The van der Waals surface area contributed by atoms with Gasteiger partial charge in [-0.15, -0.1) is 0 Å². The number of ether oxygens (including phenoxy) is 1. The molecule has 4 N–H and O–H groups in total. The van der Waals surface area contributed by atoms with E-state index in [-0.39, 0.29) is 6.42 Å². The van der Waals surface area contributed by atoms with E-state index in [4.69, 9.17) is 20.1 Å². The number of hydrogen-bond acceptors (Lipinski definition) is 7. The number of aliphatic hydroxyl groups excluding tert-OH is 1. The zero-order valence-corrected chi connectivity index (χ0v) is 14.0. The largest absolute Gasteiger partial charge is 0.481 e. The lowest BCUT2D eigenvalue weighted by atomic mass is 10.00. The van der Waals surface area contributed by atoms with E-state index in [9.17, 15) is 24.3 Å². The van der Waals surface area contributed by atoms with Crippen molar-refractivity contribution in [2.24, 2.45) is 5.92 Å². The standard InChI is InChI=1S/C14H22O9S/c1-2-3-5-24-6-4-9(13(20)21)23-14(22)11(17)8(12(18)19)7-10(15)16/h8-9,14,22H,2-7H2,1H3,(H,15,16)(H,18,19)(H,20,21). The molecule has 0 heterocycles. The molecule has 10 heteroatoms. The van der Waals surface area contributed by atoms with Gasteiger partial charge in [-0.2, -0.15) is 11.8 Å². The molecule has 0 saturated heterocycles. The number of Topliss-reactive ketones (excluding diaryl/α,β-unsaturated/α-hetero) is 1. The van der Waals surface area contributed by atoms with Crippen LogP contribution in [0.1, 0.15) is 32.6 Å². The van der Waals surface area contributed by atoms with Crippen molar-refractivity contribution in [2.45, 2.75) is 45.0 Å². The lowest BCUT2D eigenvalue weighted by Gasteiger charge is -2.19. The Balaban J connectivity index is 4.65. The first-order valence-electron chi connectivity index (χ1n) is 7.33. The van der Waals surface area contributed by atoms with Crippen molar-refractivity contribution in [3.63, 3.8) is 0 Å². The summed E-state index contributed by atoms with van der Waals surface area (Å²) in [6.07, 6.45) is -2.84. The topological polar surface area (TPSA) is 158 Å². The highest BCUT2D eigenvalue weighted by atomic mass is 32.2. The molecule has 3 unspecified atom stereocenters. The molecule has 0 aliphatic heterocycles. The smallest absolute Gasteiger partial charge is 0.332 e. The quantitative estimate of drug-likeness (QED) is 0.193. The van der Waals surface area contributed by atoms with Crippen LogP contribution in [0, 0.1) is 5.92 Å². The van der Waals surface area contributed by atoms with Gasteiger partial charge in [-0.25, -0.2) is 4.79 Å². The van der Waals surface area contributed by atoms with Crippen LogP contribution in [-0.2, 0) is 23.9 Å². The molecule has 0 aromatic heterocycles. The summed E-state index contributed by atoms with van der Waals surface area (Å²) in [5.41, 5.74) is 0. The molecule has 0 spiro atoms. The van der Waals surface area contributed by atoms with Crippen LogP contribution in [0.5, 0.6) is 0 Å². The molecule has 0 saturated carbocycles. The molecule has 0 radical (unpaired) electrons. The molecule has 0 rings (SSSR count). The van der Waals surface area contributed by atoms with Gasteiger partial charge in [0, 0.05) is 0 Å². The number of hydrogen-bond donors (Lipinski definition) is 4. The van der Waals surface area contributed by atoms with Gasteiger partial charge >= 0.3 is 17.9 Å². The maximum absolute atomic E-state index is 11.8. The molecule has 0 bridgehead atoms. The van der Waals surface area contributed by atoms with E-state index in [1.54, 1.807) is 0 Å². The summed E-state index contributed by atoms with van der Waals surface area (Å²) in [4.78, 5) is 44.3. The zero-order chi connectivity index (χ0) is 18.7. The van der Waals surface area contributed by atoms with Crippen molar-refractivity contribution in [1.29, 1.82) is 0 Å². The number of unbranched alkanes of at least 4 members (excludes halogenated alkanes) is 1. The number of carbonyl (C=O) groups is 4. The highest BCUT2D eigenvalue weighted by molar-refractivity contribution is 7.99. The molecule has 0 aromatic rings. The van der Waals surface area contributed by atoms with E-state index in [0.29, 0.717) is 5.75 Å². The van der Waals surface area contributed by atoms with Crippen LogP contribution in [-0.4, -0.2) is 68.0 Å². The average Bonchev–Trinajstić information content (AvgIpc) is 2.49. The van der Waals surface area contributed by atoms with Crippen molar-refractivity contribution in [3.8, 4) is 0 Å². The number of thioether (sulfide) groups is 1. The van der Waals surface area contributed by atoms with Crippen LogP contribution in [0.15, 0.2) is 0 Å². The van der Waals surface area contributed by atoms with E-state index in [1.165, 1.54) is 11.8 Å². The first-order chi connectivity index (χ1) is 11.2. The monoisotopic (exact) mass is 366 g/mol. The van der Waals surface area contributed by atoms with Crippen LogP contribution in [0.2, 0.25) is 0 Å². The van der Waals surface area contributed by atoms with Gasteiger partial charge in [0.25, 0.3) is 0 Å². The number of aliphatic hydroxyl groups is 1. The molecule has 0 aromatic carbocycles. The van der Waals surface area contributed by atoms with Crippen LogP contribution >= 0.6 is 11.8 Å². The first-order valence-corrected chi connectivity index (χ1v) is 8.48. The third-order valence-electron chi connectivity index (χ3n) is 3.00. The Morgan fingerprint density at radius 1 is 1.04 bits per heavy atom. The van der Waals surface area contributed by atoms with Crippen LogP contribution in [0.3, 0.4) is 0 Å².